The first kappa shape index (κ1) is 12.4. The summed E-state index contributed by atoms with van der Waals surface area (Å²) in [6.45, 7) is 3.99. The highest BCUT2D eigenvalue weighted by molar-refractivity contribution is 5.46. The third-order valence-electron chi connectivity index (χ3n) is 2.33. The summed E-state index contributed by atoms with van der Waals surface area (Å²) < 4.78 is 0. The van der Waals surface area contributed by atoms with E-state index in [1.807, 2.05) is 13.8 Å². The van der Waals surface area contributed by atoms with E-state index < -0.39 is 11.0 Å². The van der Waals surface area contributed by atoms with Crippen molar-refractivity contribution >= 4 is 5.69 Å². The van der Waals surface area contributed by atoms with Gasteiger partial charge in [-0.2, -0.15) is 0 Å². The van der Waals surface area contributed by atoms with Gasteiger partial charge in [0.05, 0.1) is 10.5 Å². The standard InChI is InChI=1S/C11H16N2O3/c1-7(2)5-10(12)9-6-8(14)3-4-11(9)13(15)16/h3-4,6-7,10,14H,5,12H2,1-2H3/t10-/m1/s1. The molecule has 0 bridgehead atoms. The molecule has 88 valence electrons. The first-order chi connectivity index (χ1) is 7.41. The molecule has 5 heteroatoms. The maximum Gasteiger partial charge on any atom is 0.274 e. The van der Waals surface area contributed by atoms with Crippen LogP contribution < -0.4 is 5.73 Å². The zero-order chi connectivity index (χ0) is 12.3. The Bertz CT molecular complexity index is 391. The molecule has 1 atom stereocenters. The van der Waals surface area contributed by atoms with Crippen molar-refractivity contribution in [1.82, 2.24) is 0 Å². The molecule has 0 fully saturated rings. The number of hydrogen-bond acceptors (Lipinski definition) is 4. The average molecular weight is 224 g/mol. The first-order valence-electron chi connectivity index (χ1n) is 5.14. The van der Waals surface area contributed by atoms with Crippen molar-refractivity contribution in [2.24, 2.45) is 11.7 Å². The molecule has 0 aliphatic heterocycles. The molecule has 0 heterocycles. The third-order valence-corrected chi connectivity index (χ3v) is 2.33. The van der Waals surface area contributed by atoms with Gasteiger partial charge in [0.15, 0.2) is 0 Å². The van der Waals surface area contributed by atoms with E-state index in [1.165, 1.54) is 18.2 Å². The van der Waals surface area contributed by atoms with E-state index in [0.717, 1.165) is 0 Å². The van der Waals surface area contributed by atoms with Gasteiger partial charge in [0.25, 0.3) is 5.69 Å². The molecule has 0 aliphatic rings. The van der Waals surface area contributed by atoms with Crippen LogP contribution in [0.2, 0.25) is 0 Å². The number of rotatable bonds is 4. The Hall–Kier alpha value is -1.62. The summed E-state index contributed by atoms with van der Waals surface area (Å²) in [7, 11) is 0. The minimum absolute atomic E-state index is 0.000180. The Labute approximate surface area is 94.0 Å². The predicted octanol–water partition coefficient (Wildman–Crippen LogP) is 2.35. The van der Waals surface area contributed by atoms with Crippen LogP contribution in [0.4, 0.5) is 5.69 Å². The zero-order valence-corrected chi connectivity index (χ0v) is 9.38. The molecule has 5 nitrogen and oxygen atoms in total. The number of benzene rings is 1. The van der Waals surface area contributed by atoms with E-state index in [-0.39, 0.29) is 11.4 Å². The van der Waals surface area contributed by atoms with E-state index in [2.05, 4.69) is 0 Å². The van der Waals surface area contributed by atoms with Crippen LogP contribution in [0.5, 0.6) is 5.75 Å². The van der Waals surface area contributed by atoms with E-state index in [4.69, 9.17) is 5.73 Å². The average Bonchev–Trinajstić information content (AvgIpc) is 2.15. The lowest BCUT2D eigenvalue weighted by Gasteiger charge is -2.14. The maximum absolute atomic E-state index is 10.8. The predicted molar refractivity (Wildman–Crippen MR) is 61.1 cm³/mol. The Morgan fingerprint density at radius 1 is 1.50 bits per heavy atom. The van der Waals surface area contributed by atoms with Crippen LogP contribution >= 0.6 is 0 Å². The van der Waals surface area contributed by atoms with Crippen LogP contribution in [0.3, 0.4) is 0 Å². The lowest BCUT2D eigenvalue weighted by Crippen LogP contribution is -2.14. The Morgan fingerprint density at radius 2 is 2.12 bits per heavy atom. The van der Waals surface area contributed by atoms with Gasteiger partial charge in [-0.3, -0.25) is 10.1 Å². The molecular weight excluding hydrogens is 208 g/mol. The van der Waals surface area contributed by atoms with Gasteiger partial charge in [-0.25, -0.2) is 0 Å². The topological polar surface area (TPSA) is 89.4 Å². The highest BCUT2D eigenvalue weighted by Crippen LogP contribution is 2.30. The number of nitrogens with two attached hydrogens (primary N) is 1. The molecule has 1 rings (SSSR count). The second-order valence-corrected chi connectivity index (χ2v) is 4.24. The summed E-state index contributed by atoms with van der Waals surface area (Å²) in [5.41, 5.74) is 6.24. The summed E-state index contributed by atoms with van der Waals surface area (Å²) in [4.78, 5) is 10.3. The van der Waals surface area contributed by atoms with Gasteiger partial charge in [-0.15, -0.1) is 0 Å². The highest BCUT2D eigenvalue weighted by Gasteiger charge is 2.20. The fourth-order valence-electron chi connectivity index (χ4n) is 1.64. The Morgan fingerprint density at radius 3 is 2.62 bits per heavy atom. The normalized spacial score (nSPS) is 12.8. The van der Waals surface area contributed by atoms with Crippen molar-refractivity contribution in [2.75, 3.05) is 0 Å². The molecule has 0 spiro atoms. The fourth-order valence-corrected chi connectivity index (χ4v) is 1.64. The molecule has 1 aromatic carbocycles. The van der Waals surface area contributed by atoms with Crippen LogP contribution in [0.1, 0.15) is 31.9 Å². The molecule has 16 heavy (non-hydrogen) atoms. The molecule has 0 unspecified atom stereocenters. The molecule has 1 aromatic rings. The van der Waals surface area contributed by atoms with Crippen LogP contribution in [-0.2, 0) is 0 Å². The van der Waals surface area contributed by atoms with E-state index in [1.54, 1.807) is 0 Å². The minimum Gasteiger partial charge on any atom is -0.508 e. The monoisotopic (exact) mass is 224 g/mol. The van der Waals surface area contributed by atoms with Crippen molar-refractivity contribution in [3.05, 3.63) is 33.9 Å². The molecule has 0 aliphatic carbocycles. The van der Waals surface area contributed by atoms with Gasteiger partial charge in [-0.05, 0) is 24.5 Å². The van der Waals surface area contributed by atoms with Crippen molar-refractivity contribution in [1.29, 1.82) is 0 Å². The molecule has 0 saturated heterocycles. The molecular formula is C11H16N2O3. The van der Waals surface area contributed by atoms with Gasteiger partial charge in [0, 0.05) is 12.1 Å². The molecule has 3 N–H and O–H groups in total. The van der Waals surface area contributed by atoms with E-state index >= 15 is 0 Å². The van der Waals surface area contributed by atoms with Gasteiger partial charge in [0.1, 0.15) is 5.75 Å². The number of hydrogen-bond donors (Lipinski definition) is 2. The summed E-state index contributed by atoms with van der Waals surface area (Å²) in [5, 5.41) is 20.1. The molecule has 0 radical (unpaired) electrons. The summed E-state index contributed by atoms with van der Waals surface area (Å²) in [5.74, 6) is 0.344. The van der Waals surface area contributed by atoms with E-state index in [0.29, 0.717) is 17.9 Å². The lowest BCUT2D eigenvalue weighted by atomic mass is 9.96. The Kier molecular flexibility index (Phi) is 3.84. The number of nitrogens with zero attached hydrogens (tertiary/aromatic N) is 1. The minimum atomic E-state index is -0.477. The van der Waals surface area contributed by atoms with Crippen molar-refractivity contribution in [3.8, 4) is 5.75 Å². The van der Waals surface area contributed by atoms with Gasteiger partial charge in [-0.1, -0.05) is 13.8 Å². The molecule has 0 aromatic heterocycles. The van der Waals surface area contributed by atoms with E-state index in [9.17, 15) is 15.2 Å². The number of aromatic hydroxyl groups is 1. The van der Waals surface area contributed by atoms with Crippen LogP contribution in [-0.4, -0.2) is 10.0 Å². The lowest BCUT2D eigenvalue weighted by molar-refractivity contribution is -0.385. The van der Waals surface area contributed by atoms with Crippen molar-refractivity contribution < 1.29 is 10.0 Å². The quantitative estimate of drug-likeness (QED) is 0.606. The second-order valence-electron chi connectivity index (χ2n) is 4.24. The van der Waals surface area contributed by atoms with Gasteiger partial charge < -0.3 is 10.8 Å². The zero-order valence-electron chi connectivity index (χ0n) is 9.38. The van der Waals surface area contributed by atoms with Crippen molar-refractivity contribution in [3.63, 3.8) is 0 Å². The number of phenols is 1. The largest absolute Gasteiger partial charge is 0.508 e. The summed E-state index contributed by atoms with van der Waals surface area (Å²) >= 11 is 0. The number of phenolic OH excluding ortho intramolecular Hbond substituents is 1. The third kappa shape index (κ3) is 2.93. The fraction of sp³-hybridized carbons (Fsp3) is 0.455. The number of nitro benzene ring substituents is 1. The number of nitro groups is 1. The summed E-state index contributed by atoms with van der Waals surface area (Å²) in [6.07, 6.45) is 0.643. The SMILES string of the molecule is CC(C)C[C@@H](N)c1cc(O)ccc1[N+](=O)[O-]. The van der Waals surface area contributed by atoms with Gasteiger partial charge in [0.2, 0.25) is 0 Å². The van der Waals surface area contributed by atoms with Crippen molar-refractivity contribution in [2.45, 2.75) is 26.3 Å². The van der Waals surface area contributed by atoms with Gasteiger partial charge >= 0.3 is 0 Å². The van der Waals surface area contributed by atoms with Crippen LogP contribution in [0.15, 0.2) is 18.2 Å². The van der Waals surface area contributed by atoms with Crippen LogP contribution in [0.25, 0.3) is 0 Å². The molecule has 0 amide bonds. The summed E-state index contributed by atoms with van der Waals surface area (Å²) in [6, 6.07) is 3.52. The first-order valence-corrected chi connectivity index (χ1v) is 5.14. The smallest absolute Gasteiger partial charge is 0.274 e. The maximum atomic E-state index is 10.8. The Balaban J connectivity index is 3.09. The molecule has 0 saturated carbocycles. The highest BCUT2D eigenvalue weighted by atomic mass is 16.6. The van der Waals surface area contributed by atoms with Crippen LogP contribution in [0, 0.1) is 16.0 Å². The second kappa shape index (κ2) is 4.94.